The third-order valence-electron chi connectivity index (χ3n) is 8.63. The van der Waals surface area contributed by atoms with Crippen LogP contribution in [0.1, 0.15) is 69.8 Å². The molecular weight excluding hydrogens is 551 g/mol. The number of rotatable bonds is 8. The Labute approximate surface area is 250 Å². The lowest BCUT2D eigenvalue weighted by Crippen LogP contribution is -2.59. The Balaban J connectivity index is 1.65. The van der Waals surface area contributed by atoms with Crippen LogP contribution >= 0.6 is 0 Å². The highest BCUT2D eigenvalue weighted by molar-refractivity contribution is 8.04. The highest BCUT2D eigenvalue weighted by Gasteiger charge is 2.62. The van der Waals surface area contributed by atoms with Gasteiger partial charge in [-0.3, -0.25) is 13.3 Å². The van der Waals surface area contributed by atoms with E-state index in [1.54, 1.807) is 0 Å². The summed E-state index contributed by atoms with van der Waals surface area (Å²) in [4.78, 5) is 8.02. The average molecular weight is 594 g/mol. The highest BCUT2D eigenvalue weighted by atomic mass is 32.2. The quantitative estimate of drug-likeness (QED) is 0.275. The van der Waals surface area contributed by atoms with Crippen LogP contribution in [0.5, 0.6) is 0 Å². The van der Waals surface area contributed by atoms with Crippen molar-refractivity contribution in [2.75, 3.05) is 13.2 Å². The third-order valence-corrected chi connectivity index (χ3v) is 13.2. The largest absolute Gasteiger partial charge is 0.370 e. The number of benzene rings is 3. The number of piperidine rings is 1. The van der Waals surface area contributed by atoms with E-state index in [9.17, 15) is 0 Å². The molecule has 3 aromatic carbocycles. The molecule has 4 atom stereocenters. The van der Waals surface area contributed by atoms with E-state index >= 15 is 8.42 Å². The molecule has 220 valence electrons. The summed E-state index contributed by atoms with van der Waals surface area (Å²) in [5.41, 5.74) is 2.71. The summed E-state index contributed by atoms with van der Waals surface area (Å²) in [5.74, 6) is -0.398. The summed E-state index contributed by atoms with van der Waals surface area (Å²) in [6.07, 6.45) is 2.55. The summed E-state index contributed by atoms with van der Waals surface area (Å²) in [6, 6.07) is 25.3. The van der Waals surface area contributed by atoms with Crippen molar-refractivity contribution in [1.29, 1.82) is 0 Å². The van der Waals surface area contributed by atoms with Crippen molar-refractivity contribution in [3.05, 3.63) is 95.6 Å². The monoisotopic (exact) mass is 593 g/mol. The molecule has 0 N–H and O–H groups in total. The molecule has 7 heteroatoms. The van der Waals surface area contributed by atoms with Gasteiger partial charge in [-0.2, -0.15) is 5.06 Å². The number of hydrogen-bond donors (Lipinski definition) is 0. The third kappa shape index (κ3) is 5.76. The molecule has 5 rings (SSSR count). The van der Waals surface area contributed by atoms with Crippen LogP contribution in [-0.4, -0.2) is 41.9 Å². The van der Waals surface area contributed by atoms with Crippen molar-refractivity contribution >= 4 is 21.6 Å². The van der Waals surface area contributed by atoms with E-state index in [-0.39, 0.29) is 17.7 Å². The van der Waals surface area contributed by atoms with Crippen LogP contribution < -0.4 is 0 Å². The molecule has 2 aliphatic rings. The highest BCUT2D eigenvalue weighted by Crippen LogP contribution is 2.52. The minimum Gasteiger partial charge on any atom is -0.370 e. The van der Waals surface area contributed by atoms with Gasteiger partial charge in [-0.1, -0.05) is 65.7 Å². The van der Waals surface area contributed by atoms with Gasteiger partial charge in [-0.05, 0) is 90.6 Å². The van der Waals surface area contributed by atoms with Crippen molar-refractivity contribution < 1.29 is 18.0 Å². The second-order valence-electron chi connectivity index (χ2n) is 12.8. The SMILES string of the molecule is Cc1ccc([S@](=O)C2([S@@](=O)c3ccc(C)cc3)[C@H](CON3C(C)(C)CCCC3(C)C)CO[C@H]2c2ccccc2)cc1. The van der Waals surface area contributed by atoms with E-state index in [0.29, 0.717) is 16.4 Å². The zero-order chi connectivity index (χ0) is 29.4. The Morgan fingerprint density at radius 1 is 0.780 bits per heavy atom. The first-order chi connectivity index (χ1) is 19.5. The van der Waals surface area contributed by atoms with Gasteiger partial charge >= 0.3 is 0 Å². The van der Waals surface area contributed by atoms with Crippen LogP contribution in [-0.2, 0) is 31.2 Å². The Morgan fingerprint density at radius 3 is 1.76 bits per heavy atom. The summed E-state index contributed by atoms with van der Waals surface area (Å²) in [5, 5.41) is 2.13. The molecule has 41 heavy (non-hydrogen) atoms. The molecule has 2 heterocycles. The molecule has 2 aliphatic heterocycles. The molecule has 0 radical (unpaired) electrons. The maximum absolute atomic E-state index is 15.0. The van der Waals surface area contributed by atoms with E-state index in [4.69, 9.17) is 9.57 Å². The summed E-state index contributed by atoms with van der Waals surface area (Å²) in [7, 11) is -3.38. The number of ether oxygens (including phenoxy) is 1. The summed E-state index contributed by atoms with van der Waals surface area (Å²) in [6.45, 7) is 13.4. The number of aryl methyl sites for hydroxylation is 2. The summed E-state index contributed by atoms with van der Waals surface area (Å²) < 4.78 is 35.3. The average Bonchev–Trinajstić information content (AvgIpc) is 3.32. The first-order valence-electron chi connectivity index (χ1n) is 14.5. The lowest BCUT2D eigenvalue weighted by Gasteiger charge is -2.51. The molecule has 5 nitrogen and oxygen atoms in total. The van der Waals surface area contributed by atoms with Crippen LogP contribution in [0, 0.1) is 19.8 Å². The fraction of sp³-hybridized carbons (Fsp3) is 0.471. The molecular formula is C34H43NO4S2. The first-order valence-corrected chi connectivity index (χ1v) is 16.8. The lowest BCUT2D eigenvalue weighted by atomic mass is 9.82. The molecule has 2 saturated heterocycles. The summed E-state index contributed by atoms with van der Waals surface area (Å²) >= 11 is 0. The molecule has 0 amide bonds. The Hall–Kier alpha value is -2.16. The van der Waals surface area contributed by atoms with E-state index in [1.807, 2.05) is 92.7 Å². The van der Waals surface area contributed by atoms with Crippen LogP contribution in [0.3, 0.4) is 0 Å². The van der Waals surface area contributed by atoms with Gasteiger partial charge < -0.3 is 4.74 Å². The van der Waals surface area contributed by atoms with Gasteiger partial charge in [0.25, 0.3) is 0 Å². The van der Waals surface area contributed by atoms with Gasteiger partial charge in [-0.25, -0.2) is 0 Å². The topological polar surface area (TPSA) is 55.8 Å². The van der Waals surface area contributed by atoms with Gasteiger partial charge in [0.1, 0.15) is 6.10 Å². The number of hydroxylamine groups is 2. The molecule has 0 bridgehead atoms. The fourth-order valence-corrected chi connectivity index (χ4v) is 10.8. The van der Waals surface area contributed by atoms with E-state index < -0.39 is 37.7 Å². The van der Waals surface area contributed by atoms with Crippen LogP contribution in [0.2, 0.25) is 0 Å². The van der Waals surface area contributed by atoms with Crippen molar-refractivity contribution in [2.45, 2.75) is 91.9 Å². The number of nitrogens with zero attached hydrogens (tertiary/aromatic N) is 1. The van der Waals surface area contributed by atoms with Crippen molar-refractivity contribution in [1.82, 2.24) is 5.06 Å². The van der Waals surface area contributed by atoms with Crippen molar-refractivity contribution in [3.8, 4) is 0 Å². The maximum atomic E-state index is 15.0. The smallest absolute Gasteiger partial charge is 0.167 e. The van der Waals surface area contributed by atoms with Crippen LogP contribution in [0.4, 0.5) is 0 Å². The first kappa shape index (κ1) is 30.3. The molecule has 0 spiro atoms. The van der Waals surface area contributed by atoms with Gasteiger partial charge in [-0.15, -0.1) is 0 Å². The zero-order valence-corrected chi connectivity index (χ0v) is 26.7. The zero-order valence-electron chi connectivity index (χ0n) is 25.1. The van der Waals surface area contributed by atoms with Crippen LogP contribution in [0.25, 0.3) is 0 Å². The van der Waals surface area contributed by atoms with Gasteiger partial charge in [0.15, 0.2) is 4.08 Å². The Kier molecular flexibility index (Phi) is 8.76. The van der Waals surface area contributed by atoms with Gasteiger partial charge in [0.05, 0.1) is 34.8 Å². The van der Waals surface area contributed by atoms with E-state index in [2.05, 4.69) is 32.8 Å². The normalized spacial score (nSPS) is 25.0. The molecule has 0 unspecified atom stereocenters. The number of hydrogen-bond acceptors (Lipinski definition) is 5. The molecule has 3 aromatic rings. The second kappa shape index (κ2) is 11.8. The van der Waals surface area contributed by atoms with E-state index in [0.717, 1.165) is 36.0 Å². The molecule has 0 aromatic heterocycles. The van der Waals surface area contributed by atoms with Crippen LogP contribution in [0.15, 0.2) is 88.7 Å². The van der Waals surface area contributed by atoms with Crippen molar-refractivity contribution in [2.24, 2.45) is 5.92 Å². The molecule has 0 saturated carbocycles. The lowest BCUT2D eigenvalue weighted by molar-refractivity contribution is -0.286. The van der Waals surface area contributed by atoms with Crippen molar-refractivity contribution in [3.63, 3.8) is 0 Å². The minimum atomic E-state index is -1.69. The Morgan fingerprint density at radius 2 is 1.27 bits per heavy atom. The van der Waals surface area contributed by atoms with Gasteiger partial charge in [0.2, 0.25) is 0 Å². The second-order valence-corrected chi connectivity index (χ2v) is 16.4. The predicted molar refractivity (Wildman–Crippen MR) is 166 cm³/mol. The predicted octanol–water partition coefficient (Wildman–Crippen LogP) is 7.28. The fourth-order valence-electron chi connectivity index (χ4n) is 6.53. The molecule has 2 fully saturated rings. The van der Waals surface area contributed by atoms with E-state index in [1.165, 1.54) is 0 Å². The Bertz CT molecular complexity index is 1310. The minimum absolute atomic E-state index is 0.158. The maximum Gasteiger partial charge on any atom is 0.167 e. The molecule has 0 aliphatic carbocycles. The standard InChI is InChI=1S/C34H43NO4S2/c1-25-13-17-29(18-14-25)40(36)34(41(37)30-19-15-26(2)16-20-30)28(23-38-31(34)27-11-8-7-9-12-27)24-39-35-32(3,4)21-10-22-33(35,5)6/h7-9,11-20,28,31H,10,21-24H2,1-6H3/t28-,31-,40-,41-/m0/s1. The van der Waals surface area contributed by atoms with Gasteiger partial charge in [0, 0.05) is 26.8 Å².